The molecule has 0 unspecified atom stereocenters. The molecular formula is C26H24N4O6. The molecule has 1 aliphatic rings. The van der Waals surface area contributed by atoms with Crippen molar-refractivity contribution in [1.82, 2.24) is 15.1 Å². The maximum atomic E-state index is 13.0. The minimum atomic E-state index is -0.905. The number of dihydropyridines is 1. The number of allylic oxidation sites excluding steroid dienone is 2. The van der Waals surface area contributed by atoms with Gasteiger partial charge in [0.25, 0.3) is 5.69 Å². The molecule has 0 radical (unpaired) electrons. The molecule has 1 N–H and O–H groups in total. The molecule has 2 heterocycles. The molecule has 0 saturated heterocycles. The van der Waals surface area contributed by atoms with Crippen LogP contribution in [0.4, 0.5) is 5.69 Å². The Morgan fingerprint density at radius 2 is 1.58 bits per heavy atom. The Balaban J connectivity index is 2.05. The van der Waals surface area contributed by atoms with Gasteiger partial charge in [-0.15, -0.1) is 0 Å². The van der Waals surface area contributed by atoms with Gasteiger partial charge in [0.15, 0.2) is 0 Å². The van der Waals surface area contributed by atoms with Crippen LogP contribution in [0.15, 0.2) is 83.3 Å². The fourth-order valence-corrected chi connectivity index (χ4v) is 4.37. The zero-order chi connectivity index (χ0) is 26.0. The first-order valence-corrected chi connectivity index (χ1v) is 11.0. The molecule has 1 aliphatic heterocycles. The van der Waals surface area contributed by atoms with Crippen LogP contribution in [0.2, 0.25) is 0 Å². The standard InChI is InChI=1S/C26H24N4O6/c1-15-21(25(31)35-3)23(22(16(2)27-15)26(32)36-4)20-14-29(18-10-6-5-7-11-18)28-24(20)17-9-8-12-19(13-17)30(33)34/h5-14,23,27H,1-4H3. The highest BCUT2D eigenvalue weighted by atomic mass is 16.6. The molecule has 4 rings (SSSR count). The molecule has 0 saturated carbocycles. The number of methoxy groups -OCH3 is 2. The molecule has 0 bridgehead atoms. The van der Waals surface area contributed by atoms with Gasteiger partial charge in [-0.3, -0.25) is 10.1 Å². The lowest BCUT2D eigenvalue weighted by Gasteiger charge is -2.29. The Bertz CT molecular complexity index is 1380. The summed E-state index contributed by atoms with van der Waals surface area (Å²) in [6.45, 7) is 3.43. The first kappa shape index (κ1) is 24.4. The van der Waals surface area contributed by atoms with E-state index in [4.69, 9.17) is 14.6 Å². The van der Waals surface area contributed by atoms with E-state index in [9.17, 15) is 19.7 Å². The second kappa shape index (κ2) is 9.87. The lowest BCUT2D eigenvalue weighted by Crippen LogP contribution is -2.32. The smallest absolute Gasteiger partial charge is 0.336 e. The predicted molar refractivity (Wildman–Crippen MR) is 131 cm³/mol. The second-order valence-electron chi connectivity index (χ2n) is 8.14. The van der Waals surface area contributed by atoms with Crippen molar-refractivity contribution >= 4 is 17.6 Å². The summed E-state index contributed by atoms with van der Waals surface area (Å²) >= 11 is 0. The predicted octanol–water partition coefficient (Wildman–Crippen LogP) is 4.03. The van der Waals surface area contributed by atoms with Crippen molar-refractivity contribution in [3.8, 4) is 16.9 Å². The molecule has 10 nitrogen and oxygen atoms in total. The van der Waals surface area contributed by atoms with Gasteiger partial charge in [0.05, 0.1) is 47.6 Å². The number of nitro groups is 1. The lowest BCUT2D eigenvalue weighted by atomic mass is 9.79. The van der Waals surface area contributed by atoms with Crippen LogP contribution in [0.3, 0.4) is 0 Å². The normalized spacial score (nSPS) is 13.9. The van der Waals surface area contributed by atoms with Crippen LogP contribution >= 0.6 is 0 Å². The van der Waals surface area contributed by atoms with Gasteiger partial charge < -0.3 is 14.8 Å². The maximum Gasteiger partial charge on any atom is 0.336 e. The van der Waals surface area contributed by atoms with Gasteiger partial charge in [-0.25, -0.2) is 14.3 Å². The minimum absolute atomic E-state index is 0.113. The number of nitro benzene ring substituents is 1. The summed E-state index contributed by atoms with van der Waals surface area (Å²) in [5.74, 6) is -2.16. The van der Waals surface area contributed by atoms with Crippen LogP contribution in [0, 0.1) is 10.1 Å². The number of carbonyl (C=O) groups is 2. The number of non-ortho nitro benzene ring substituents is 1. The highest BCUT2D eigenvalue weighted by molar-refractivity contribution is 6.00. The fourth-order valence-electron chi connectivity index (χ4n) is 4.37. The molecule has 0 spiro atoms. The Morgan fingerprint density at radius 1 is 0.972 bits per heavy atom. The average Bonchev–Trinajstić information content (AvgIpc) is 3.33. The summed E-state index contributed by atoms with van der Waals surface area (Å²) in [5, 5.41) is 19.3. The molecule has 0 amide bonds. The molecule has 0 fully saturated rings. The van der Waals surface area contributed by atoms with E-state index in [1.165, 1.54) is 26.4 Å². The second-order valence-corrected chi connectivity index (χ2v) is 8.14. The van der Waals surface area contributed by atoms with E-state index in [1.54, 1.807) is 36.9 Å². The van der Waals surface area contributed by atoms with E-state index in [2.05, 4.69) is 5.32 Å². The molecular weight excluding hydrogens is 464 g/mol. The summed E-state index contributed by atoms with van der Waals surface area (Å²) in [6.07, 6.45) is 1.71. The van der Waals surface area contributed by atoms with Crippen LogP contribution in [0.25, 0.3) is 16.9 Å². The van der Waals surface area contributed by atoms with Gasteiger partial charge in [0, 0.05) is 40.9 Å². The van der Waals surface area contributed by atoms with Crippen LogP contribution < -0.4 is 5.32 Å². The number of nitrogens with zero attached hydrogens (tertiary/aromatic N) is 3. The largest absolute Gasteiger partial charge is 0.466 e. The Morgan fingerprint density at radius 3 is 2.14 bits per heavy atom. The number of hydrogen-bond donors (Lipinski definition) is 1. The number of benzene rings is 2. The average molecular weight is 489 g/mol. The molecule has 0 aliphatic carbocycles. The number of rotatable bonds is 6. The third-order valence-corrected chi connectivity index (χ3v) is 5.98. The highest BCUT2D eigenvalue weighted by Crippen LogP contribution is 2.43. The van der Waals surface area contributed by atoms with E-state index < -0.39 is 22.8 Å². The minimum Gasteiger partial charge on any atom is -0.466 e. The zero-order valence-electron chi connectivity index (χ0n) is 20.1. The van der Waals surface area contributed by atoms with Crippen molar-refractivity contribution in [2.75, 3.05) is 14.2 Å². The van der Waals surface area contributed by atoms with Gasteiger partial charge >= 0.3 is 11.9 Å². The molecule has 0 atom stereocenters. The Kier molecular flexibility index (Phi) is 6.69. The molecule has 3 aromatic rings. The summed E-state index contributed by atoms with van der Waals surface area (Å²) in [6, 6.07) is 15.3. The summed E-state index contributed by atoms with van der Waals surface area (Å²) in [7, 11) is 2.52. The van der Waals surface area contributed by atoms with Crippen molar-refractivity contribution in [2.45, 2.75) is 19.8 Å². The van der Waals surface area contributed by atoms with E-state index in [0.717, 1.165) is 5.69 Å². The maximum absolute atomic E-state index is 13.0. The van der Waals surface area contributed by atoms with Crippen LogP contribution in [0.5, 0.6) is 0 Å². The van der Waals surface area contributed by atoms with Gasteiger partial charge in [-0.1, -0.05) is 30.3 Å². The number of hydrogen-bond acceptors (Lipinski definition) is 8. The summed E-state index contributed by atoms with van der Waals surface area (Å²) < 4.78 is 11.7. The SMILES string of the molecule is COC(=O)C1=C(C)NC(C)=C(C(=O)OC)C1c1cn(-c2ccccc2)nc1-c1cccc([N+](=O)[O-])c1. The van der Waals surface area contributed by atoms with Crippen molar-refractivity contribution in [3.63, 3.8) is 0 Å². The third-order valence-electron chi connectivity index (χ3n) is 5.98. The molecule has 10 heteroatoms. The van der Waals surface area contributed by atoms with Crippen LogP contribution in [-0.2, 0) is 19.1 Å². The number of nitrogens with one attached hydrogen (secondary N) is 1. The van der Waals surface area contributed by atoms with Crippen molar-refractivity contribution < 1.29 is 24.0 Å². The molecule has 2 aromatic carbocycles. The van der Waals surface area contributed by atoms with Gasteiger partial charge in [-0.05, 0) is 26.0 Å². The van der Waals surface area contributed by atoms with Crippen molar-refractivity contribution in [3.05, 3.63) is 99.0 Å². The van der Waals surface area contributed by atoms with Crippen LogP contribution in [-0.4, -0.2) is 40.9 Å². The summed E-state index contributed by atoms with van der Waals surface area (Å²) in [5.41, 5.74) is 3.37. The molecule has 36 heavy (non-hydrogen) atoms. The van der Waals surface area contributed by atoms with Crippen LogP contribution in [0.1, 0.15) is 25.3 Å². The van der Waals surface area contributed by atoms with Crippen molar-refractivity contribution in [1.29, 1.82) is 0 Å². The monoisotopic (exact) mass is 488 g/mol. The number of para-hydroxylation sites is 1. The molecule has 184 valence electrons. The van der Waals surface area contributed by atoms with E-state index >= 15 is 0 Å². The van der Waals surface area contributed by atoms with Crippen molar-refractivity contribution in [2.24, 2.45) is 0 Å². The van der Waals surface area contributed by atoms with Gasteiger partial charge in [0.2, 0.25) is 0 Å². The van der Waals surface area contributed by atoms with Gasteiger partial charge in [-0.2, -0.15) is 5.10 Å². The van der Waals surface area contributed by atoms with Gasteiger partial charge in [0.1, 0.15) is 0 Å². The quantitative estimate of drug-likeness (QED) is 0.313. The highest BCUT2D eigenvalue weighted by Gasteiger charge is 2.40. The number of esters is 2. The Labute approximate surface area is 207 Å². The number of aromatic nitrogens is 2. The zero-order valence-corrected chi connectivity index (χ0v) is 20.1. The van der Waals surface area contributed by atoms with E-state index in [-0.39, 0.29) is 16.8 Å². The Hall–Kier alpha value is -4.73. The lowest BCUT2D eigenvalue weighted by molar-refractivity contribution is -0.384. The number of ether oxygens (including phenoxy) is 2. The molecule has 1 aromatic heterocycles. The van der Waals surface area contributed by atoms with E-state index in [0.29, 0.717) is 28.2 Å². The first-order valence-electron chi connectivity index (χ1n) is 11.0. The first-order chi connectivity index (χ1) is 17.3. The van der Waals surface area contributed by atoms with E-state index in [1.807, 2.05) is 30.3 Å². The fraction of sp³-hybridized carbons (Fsp3) is 0.192. The third kappa shape index (κ3) is 4.36. The number of carbonyl (C=O) groups excluding carboxylic acids is 2. The summed E-state index contributed by atoms with van der Waals surface area (Å²) in [4.78, 5) is 36.9. The topological polar surface area (TPSA) is 126 Å².